The Morgan fingerprint density at radius 1 is 1.21 bits per heavy atom. The molecule has 0 spiro atoms. The lowest BCUT2D eigenvalue weighted by Gasteiger charge is -2.16. The van der Waals surface area contributed by atoms with Crippen LogP contribution in [-0.4, -0.2) is 33.3 Å². The van der Waals surface area contributed by atoms with Gasteiger partial charge in [0.1, 0.15) is 6.61 Å². The average molecular weight is 398 g/mol. The Balaban J connectivity index is 2.06. The fourth-order valence-electron chi connectivity index (χ4n) is 2.10. The highest BCUT2D eigenvalue weighted by molar-refractivity contribution is 9.10. The van der Waals surface area contributed by atoms with E-state index in [1.165, 1.54) is 0 Å². The molecule has 0 aliphatic rings. The zero-order valence-corrected chi connectivity index (χ0v) is 15.4. The molecule has 0 aliphatic heterocycles. The molecule has 6 nitrogen and oxygen atoms in total. The molecule has 1 amide bonds. The summed E-state index contributed by atoms with van der Waals surface area (Å²) in [5.41, 5.74) is 0.893. The average Bonchev–Trinajstić information content (AvgIpc) is 3.01. The Labute approximate surface area is 149 Å². The maximum Gasteiger partial charge on any atom is 0.287 e. The molecule has 0 radical (unpaired) electrons. The lowest BCUT2D eigenvalue weighted by Crippen LogP contribution is -2.26. The Morgan fingerprint density at radius 3 is 2.62 bits per heavy atom. The van der Waals surface area contributed by atoms with E-state index in [4.69, 9.17) is 18.6 Å². The van der Waals surface area contributed by atoms with Gasteiger partial charge in [-0.15, -0.1) is 0 Å². The smallest absolute Gasteiger partial charge is 0.287 e. The first-order valence-electron chi connectivity index (χ1n) is 7.41. The van der Waals surface area contributed by atoms with Gasteiger partial charge in [-0.05, 0) is 52.7 Å². The molecule has 0 saturated carbocycles. The molecule has 0 unspecified atom stereocenters. The minimum Gasteiger partial charge on any atom is -0.493 e. The summed E-state index contributed by atoms with van der Waals surface area (Å²) < 4.78 is 21.7. The summed E-state index contributed by atoms with van der Waals surface area (Å²) in [5, 5.41) is 2.88. The lowest BCUT2D eigenvalue weighted by molar-refractivity contribution is 0.0910. The van der Waals surface area contributed by atoms with Gasteiger partial charge in [0.2, 0.25) is 0 Å². The number of halogens is 1. The number of hydrogen-bond acceptors (Lipinski definition) is 5. The van der Waals surface area contributed by atoms with Gasteiger partial charge in [-0.3, -0.25) is 4.79 Å². The molecular weight excluding hydrogens is 378 g/mol. The first-order valence-corrected chi connectivity index (χ1v) is 8.20. The van der Waals surface area contributed by atoms with Crippen molar-refractivity contribution in [1.29, 1.82) is 0 Å². The lowest BCUT2D eigenvalue weighted by atomic mass is 10.1. The molecule has 1 atom stereocenters. The van der Waals surface area contributed by atoms with Gasteiger partial charge in [0.05, 0.1) is 19.8 Å². The molecule has 7 heteroatoms. The van der Waals surface area contributed by atoms with Crippen LogP contribution in [0.4, 0.5) is 0 Å². The number of methoxy groups -OCH3 is 2. The molecule has 1 aromatic heterocycles. The highest BCUT2D eigenvalue weighted by Crippen LogP contribution is 2.30. The van der Waals surface area contributed by atoms with E-state index in [-0.39, 0.29) is 17.7 Å². The molecule has 0 fully saturated rings. The Kier molecular flexibility index (Phi) is 6.69. The molecule has 0 aliphatic carbocycles. The van der Waals surface area contributed by atoms with Crippen molar-refractivity contribution in [3.63, 3.8) is 0 Å². The highest BCUT2D eigenvalue weighted by atomic mass is 79.9. The van der Waals surface area contributed by atoms with Crippen LogP contribution >= 0.6 is 15.9 Å². The van der Waals surface area contributed by atoms with Gasteiger partial charge in [-0.2, -0.15) is 0 Å². The Bertz CT molecular complexity index is 685. The van der Waals surface area contributed by atoms with Gasteiger partial charge in [-0.25, -0.2) is 0 Å². The second-order valence-corrected chi connectivity index (χ2v) is 5.83. The summed E-state index contributed by atoms with van der Waals surface area (Å²) in [4.78, 5) is 12.1. The summed E-state index contributed by atoms with van der Waals surface area (Å²) in [6.07, 6.45) is 0. The number of carbonyl (C=O) groups excluding carboxylic acids is 1. The van der Waals surface area contributed by atoms with Crippen molar-refractivity contribution in [3.05, 3.63) is 46.3 Å². The van der Waals surface area contributed by atoms with Crippen LogP contribution in [0.3, 0.4) is 0 Å². The molecule has 0 saturated heterocycles. The van der Waals surface area contributed by atoms with Gasteiger partial charge < -0.3 is 23.9 Å². The standard InChI is InChI=1S/C17H20BrNO5/c1-11(19-17(20)14-6-7-16(18)24-14)12-4-5-13(15(10-12)22-3)23-9-8-21-2/h4-7,10-11H,8-9H2,1-3H3,(H,19,20)/t11-/m0/s1. The number of amides is 1. The Hall–Kier alpha value is -1.99. The van der Waals surface area contributed by atoms with Crippen molar-refractivity contribution in [2.45, 2.75) is 13.0 Å². The van der Waals surface area contributed by atoms with Crippen LogP contribution in [0.1, 0.15) is 29.1 Å². The summed E-state index contributed by atoms with van der Waals surface area (Å²) in [7, 11) is 3.19. The van der Waals surface area contributed by atoms with Crippen molar-refractivity contribution in [2.24, 2.45) is 0 Å². The minimum atomic E-state index is -0.285. The van der Waals surface area contributed by atoms with Crippen LogP contribution in [0.5, 0.6) is 11.5 Å². The molecule has 1 heterocycles. The number of furan rings is 1. The maximum atomic E-state index is 12.1. The van der Waals surface area contributed by atoms with Gasteiger partial charge in [0.25, 0.3) is 5.91 Å². The fraction of sp³-hybridized carbons (Fsp3) is 0.353. The number of nitrogens with one attached hydrogen (secondary N) is 1. The van der Waals surface area contributed by atoms with E-state index < -0.39 is 0 Å². The third kappa shape index (κ3) is 4.75. The van der Waals surface area contributed by atoms with Crippen LogP contribution in [-0.2, 0) is 4.74 Å². The van der Waals surface area contributed by atoms with Crippen LogP contribution in [0, 0.1) is 0 Å². The second-order valence-electron chi connectivity index (χ2n) is 5.05. The molecular formula is C17H20BrNO5. The summed E-state index contributed by atoms with van der Waals surface area (Å²) in [5.74, 6) is 1.20. The minimum absolute atomic E-state index is 0.219. The first-order chi connectivity index (χ1) is 11.5. The largest absolute Gasteiger partial charge is 0.493 e. The van der Waals surface area contributed by atoms with Crippen LogP contribution in [0.2, 0.25) is 0 Å². The molecule has 0 bridgehead atoms. The molecule has 2 aromatic rings. The highest BCUT2D eigenvalue weighted by Gasteiger charge is 2.16. The van der Waals surface area contributed by atoms with Gasteiger partial charge in [0, 0.05) is 7.11 Å². The molecule has 1 N–H and O–H groups in total. The quantitative estimate of drug-likeness (QED) is 0.689. The van der Waals surface area contributed by atoms with E-state index in [2.05, 4.69) is 21.2 Å². The summed E-state index contributed by atoms with van der Waals surface area (Å²) in [6.45, 7) is 2.82. The summed E-state index contributed by atoms with van der Waals surface area (Å²) >= 11 is 3.18. The number of rotatable bonds is 8. The third-order valence-corrected chi connectivity index (χ3v) is 3.80. The molecule has 2 rings (SSSR count). The number of ether oxygens (including phenoxy) is 3. The van der Waals surface area contributed by atoms with E-state index in [0.717, 1.165) is 5.56 Å². The van der Waals surface area contributed by atoms with E-state index in [1.807, 2.05) is 25.1 Å². The first kappa shape index (κ1) is 18.4. The number of benzene rings is 1. The van der Waals surface area contributed by atoms with Crippen molar-refractivity contribution >= 4 is 21.8 Å². The normalized spacial score (nSPS) is 11.8. The predicted octanol–water partition coefficient (Wildman–Crippen LogP) is 3.57. The fourth-order valence-corrected chi connectivity index (χ4v) is 2.40. The van der Waals surface area contributed by atoms with E-state index in [9.17, 15) is 4.79 Å². The van der Waals surface area contributed by atoms with Crippen molar-refractivity contribution in [1.82, 2.24) is 5.32 Å². The SMILES string of the molecule is COCCOc1ccc([C@H](C)NC(=O)c2ccc(Br)o2)cc1OC. The summed E-state index contributed by atoms with van der Waals surface area (Å²) in [6, 6.07) is 8.60. The van der Waals surface area contributed by atoms with E-state index >= 15 is 0 Å². The second kappa shape index (κ2) is 8.75. The maximum absolute atomic E-state index is 12.1. The number of carbonyl (C=O) groups is 1. The van der Waals surface area contributed by atoms with Gasteiger partial charge >= 0.3 is 0 Å². The van der Waals surface area contributed by atoms with Crippen LogP contribution in [0.25, 0.3) is 0 Å². The molecule has 1 aromatic carbocycles. The van der Waals surface area contributed by atoms with Gasteiger partial charge in [-0.1, -0.05) is 6.07 Å². The van der Waals surface area contributed by atoms with Crippen molar-refractivity contribution < 1.29 is 23.4 Å². The predicted molar refractivity (Wildman–Crippen MR) is 92.7 cm³/mol. The molecule has 24 heavy (non-hydrogen) atoms. The molecule has 130 valence electrons. The number of hydrogen-bond donors (Lipinski definition) is 1. The van der Waals surface area contributed by atoms with Crippen LogP contribution < -0.4 is 14.8 Å². The van der Waals surface area contributed by atoms with Crippen molar-refractivity contribution in [2.75, 3.05) is 27.4 Å². The third-order valence-electron chi connectivity index (χ3n) is 3.38. The monoisotopic (exact) mass is 397 g/mol. The van der Waals surface area contributed by atoms with Gasteiger partial charge in [0.15, 0.2) is 21.9 Å². The zero-order valence-electron chi connectivity index (χ0n) is 13.8. The Morgan fingerprint density at radius 2 is 2.00 bits per heavy atom. The van der Waals surface area contributed by atoms with E-state index in [1.54, 1.807) is 26.4 Å². The topological polar surface area (TPSA) is 69.9 Å². The van der Waals surface area contributed by atoms with E-state index in [0.29, 0.717) is 29.4 Å². The zero-order chi connectivity index (χ0) is 17.5. The van der Waals surface area contributed by atoms with Crippen LogP contribution in [0.15, 0.2) is 39.4 Å². The van der Waals surface area contributed by atoms with Crippen molar-refractivity contribution in [3.8, 4) is 11.5 Å².